The molecule has 77 heavy (non-hydrogen) atoms. The van der Waals surface area contributed by atoms with E-state index in [1.165, 1.54) is 205 Å². The zero-order chi connectivity index (χ0) is 56.1. The summed E-state index contributed by atoms with van der Waals surface area (Å²) in [5.74, 6) is -0.710. The van der Waals surface area contributed by atoms with Gasteiger partial charge in [0.1, 0.15) is 36.6 Å². The van der Waals surface area contributed by atoms with Crippen molar-refractivity contribution in [3.8, 4) is 0 Å². The fourth-order valence-corrected chi connectivity index (χ4v) is 10.3. The lowest BCUT2D eigenvalue weighted by Gasteiger charge is -2.40. The van der Waals surface area contributed by atoms with E-state index in [2.05, 4.69) is 67.8 Å². The third-order valence-corrected chi connectivity index (χ3v) is 15.6. The lowest BCUT2D eigenvalue weighted by atomic mass is 9.98. The van der Waals surface area contributed by atoms with Gasteiger partial charge in [0, 0.05) is 0 Å². The number of carbonyl (C=O) groups excluding carboxylic acids is 1. The van der Waals surface area contributed by atoms with Gasteiger partial charge in [-0.15, -0.1) is 0 Å². The molecule has 0 aliphatic carbocycles. The molecule has 1 saturated heterocycles. The maximum absolute atomic E-state index is 13.2. The third-order valence-electron chi connectivity index (χ3n) is 15.6. The Hall–Kier alpha value is -1.93. The van der Waals surface area contributed by atoms with Gasteiger partial charge in [0.2, 0.25) is 5.91 Å². The highest BCUT2D eigenvalue weighted by atomic mass is 16.7. The van der Waals surface area contributed by atoms with Crippen LogP contribution in [-0.2, 0) is 14.3 Å². The first-order valence-corrected chi connectivity index (χ1v) is 32.5. The largest absolute Gasteiger partial charge is 0.394 e. The number of allylic oxidation sites excluding steroid dienone is 8. The average Bonchev–Trinajstić information content (AvgIpc) is 3.43. The topological polar surface area (TPSA) is 189 Å². The number of rotatable bonds is 56. The number of hydrogen-bond acceptors (Lipinski definition) is 10. The van der Waals surface area contributed by atoms with E-state index < -0.39 is 74.2 Å². The van der Waals surface area contributed by atoms with Crippen molar-refractivity contribution in [2.24, 2.45) is 0 Å². The fraction of sp³-hybridized carbons (Fsp3) is 0.864. The molecule has 1 rings (SSSR count). The summed E-state index contributed by atoms with van der Waals surface area (Å²) in [6.45, 7) is 3.45. The van der Waals surface area contributed by atoms with Gasteiger partial charge >= 0.3 is 0 Å². The summed E-state index contributed by atoms with van der Waals surface area (Å²) in [5.41, 5.74) is 0. The summed E-state index contributed by atoms with van der Waals surface area (Å²) in [5, 5.41) is 76.3. The van der Waals surface area contributed by atoms with Crippen LogP contribution in [0.25, 0.3) is 0 Å². The molecule has 0 aromatic rings. The van der Waals surface area contributed by atoms with Gasteiger partial charge in [-0.3, -0.25) is 4.79 Å². The molecule has 0 spiro atoms. The van der Waals surface area contributed by atoms with Crippen molar-refractivity contribution in [3.05, 3.63) is 48.6 Å². The van der Waals surface area contributed by atoms with Crippen LogP contribution in [0.1, 0.15) is 296 Å². The molecule has 452 valence electrons. The monoisotopic (exact) mass is 1090 g/mol. The molecular weight excluding hydrogens is 967 g/mol. The van der Waals surface area contributed by atoms with Crippen molar-refractivity contribution in [2.45, 2.75) is 351 Å². The minimum absolute atomic E-state index is 0.241. The lowest BCUT2D eigenvalue weighted by Crippen LogP contribution is -2.60. The number of carbonyl (C=O) groups is 1. The highest BCUT2D eigenvalue weighted by Crippen LogP contribution is 2.23. The number of amides is 1. The van der Waals surface area contributed by atoms with Crippen molar-refractivity contribution >= 4 is 5.91 Å². The van der Waals surface area contributed by atoms with Crippen molar-refractivity contribution in [1.82, 2.24) is 5.32 Å². The molecule has 0 bridgehead atoms. The highest BCUT2D eigenvalue weighted by molar-refractivity contribution is 5.80. The van der Waals surface area contributed by atoms with Gasteiger partial charge in [0.15, 0.2) is 6.29 Å². The maximum Gasteiger partial charge on any atom is 0.249 e. The van der Waals surface area contributed by atoms with Crippen LogP contribution in [0.15, 0.2) is 48.6 Å². The van der Waals surface area contributed by atoms with Gasteiger partial charge in [-0.25, -0.2) is 0 Å². The third kappa shape index (κ3) is 42.6. The smallest absolute Gasteiger partial charge is 0.249 e. The van der Waals surface area contributed by atoms with E-state index in [0.29, 0.717) is 19.3 Å². The quantitative estimate of drug-likeness (QED) is 0.0215. The zero-order valence-corrected chi connectivity index (χ0v) is 49.7. The van der Waals surface area contributed by atoms with Gasteiger partial charge in [-0.1, -0.05) is 255 Å². The fourth-order valence-electron chi connectivity index (χ4n) is 10.3. The molecular formula is C66H123NO10. The van der Waals surface area contributed by atoms with E-state index in [1.54, 1.807) is 0 Å². The van der Waals surface area contributed by atoms with Gasteiger partial charge < -0.3 is 50.5 Å². The molecule has 9 unspecified atom stereocenters. The standard InChI is InChI=1S/C66H123NO10/c1-3-5-7-9-11-13-15-17-19-21-23-24-25-26-27-28-29-30-31-32-33-34-36-38-40-42-44-46-48-50-52-54-59(70)65(75)67-57(56-76-66-64(74)63(73)62(72)60(55-68)77-66)61(71)58(69)53-51-49-47-45-43-41-39-37-35-22-20-18-16-14-12-10-8-6-4-2/h18,20,26-27,37,39,45,47,57-64,66,68-74H,3-17,19,21-25,28-36,38,40-44,46,48-56H2,1-2H3,(H,67,75)/b20-18+,27-26-,39-37+,47-45+. The highest BCUT2D eigenvalue weighted by Gasteiger charge is 2.44. The molecule has 11 nitrogen and oxygen atoms in total. The van der Waals surface area contributed by atoms with Crippen LogP contribution in [-0.4, -0.2) is 110 Å². The second-order valence-electron chi connectivity index (χ2n) is 22.8. The molecule has 1 amide bonds. The van der Waals surface area contributed by atoms with Crippen LogP contribution in [0.3, 0.4) is 0 Å². The Morgan fingerprint density at radius 1 is 0.442 bits per heavy atom. The summed E-state index contributed by atoms with van der Waals surface area (Å²) < 4.78 is 11.1. The van der Waals surface area contributed by atoms with E-state index in [1.807, 2.05) is 0 Å². The Bertz CT molecular complexity index is 1390. The molecule has 1 fully saturated rings. The first-order chi connectivity index (χ1) is 37.7. The molecule has 9 atom stereocenters. The Morgan fingerprint density at radius 3 is 1.16 bits per heavy atom. The van der Waals surface area contributed by atoms with E-state index in [4.69, 9.17) is 9.47 Å². The number of aliphatic hydroxyl groups is 7. The summed E-state index contributed by atoms with van der Waals surface area (Å²) >= 11 is 0. The maximum atomic E-state index is 13.2. The summed E-state index contributed by atoms with van der Waals surface area (Å²) in [6, 6.07) is -1.20. The SMILES string of the molecule is CCCCCCCC/C=C/CC/C=C/CC/C=C/CCCC(O)C(O)C(COC1OC(CO)C(O)C(O)C1O)NC(=O)C(O)CCCCCCCCCCCCCCCCC/C=C\CCCCCCCCCCCCCC. The van der Waals surface area contributed by atoms with Crippen molar-refractivity contribution in [1.29, 1.82) is 0 Å². The molecule has 0 radical (unpaired) electrons. The number of aliphatic hydroxyl groups excluding tert-OH is 7. The van der Waals surface area contributed by atoms with E-state index in [0.717, 1.165) is 44.9 Å². The molecule has 8 N–H and O–H groups in total. The Balaban J connectivity index is 2.24. The number of hydrogen-bond donors (Lipinski definition) is 8. The number of ether oxygens (including phenoxy) is 2. The van der Waals surface area contributed by atoms with E-state index in [-0.39, 0.29) is 12.8 Å². The summed E-state index contributed by atoms with van der Waals surface area (Å²) in [7, 11) is 0. The predicted molar refractivity (Wildman–Crippen MR) is 321 cm³/mol. The van der Waals surface area contributed by atoms with Crippen LogP contribution >= 0.6 is 0 Å². The Morgan fingerprint density at radius 2 is 0.779 bits per heavy atom. The molecule has 1 aliphatic heterocycles. The van der Waals surface area contributed by atoms with Crippen LogP contribution in [0.4, 0.5) is 0 Å². The van der Waals surface area contributed by atoms with Gasteiger partial charge in [-0.2, -0.15) is 0 Å². The second kappa shape index (κ2) is 54.6. The van der Waals surface area contributed by atoms with Gasteiger partial charge in [-0.05, 0) is 89.9 Å². The van der Waals surface area contributed by atoms with E-state index >= 15 is 0 Å². The van der Waals surface area contributed by atoms with Gasteiger partial charge in [0.05, 0.1) is 25.4 Å². The number of unbranched alkanes of at least 4 members (excludes halogenated alkanes) is 36. The predicted octanol–water partition coefficient (Wildman–Crippen LogP) is 14.8. The van der Waals surface area contributed by atoms with Crippen LogP contribution in [0.2, 0.25) is 0 Å². The Kier molecular flexibility index (Phi) is 51.9. The molecule has 0 aromatic carbocycles. The molecule has 1 heterocycles. The van der Waals surface area contributed by atoms with Crippen LogP contribution < -0.4 is 5.32 Å². The van der Waals surface area contributed by atoms with Crippen molar-refractivity contribution < 1.29 is 50.0 Å². The van der Waals surface area contributed by atoms with Crippen LogP contribution in [0.5, 0.6) is 0 Å². The molecule has 0 aromatic heterocycles. The van der Waals surface area contributed by atoms with Gasteiger partial charge in [0.25, 0.3) is 0 Å². The molecule has 11 heteroatoms. The lowest BCUT2D eigenvalue weighted by molar-refractivity contribution is -0.303. The zero-order valence-electron chi connectivity index (χ0n) is 49.7. The first-order valence-electron chi connectivity index (χ1n) is 32.5. The van der Waals surface area contributed by atoms with E-state index in [9.17, 15) is 40.5 Å². The van der Waals surface area contributed by atoms with Crippen molar-refractivity contribution in [2.75, 3.05) is 13.2 Å². The second-order valence-corrected chi connectivity index (χ2v) is 22.8. The minimum Gasteiger partial charge on any atom is -0.394 e. The minimum atomic E-state index is -1.67. The summed E-state index contributed by atoms with van der Waals surface area (Å²) in [6.07, 6.45) is 59.0. The number of nitrogens with one attached hydrogen (secondary N) is 1. The first kappa shape index (κ1) is 73.1. The normalized spacial score (nSPS) is 19.8. The summed E-state index contributed by atoms with van der Waals surface area (Å²) in [4.78, 5) is 13.2. The Labute approximate surface area is 472 Å². The van der Waals surface area contributed by atoms with Crippen molar-refractivity contribution in [3.63, 3.8) is 0 Å². The molecule has 0 saturated carbocycles. The average molecular weight is 1090 g/mol. The molecule has 1 aliphatic rings. The van der Waals surface area contributed by atoms with Crippen LogP contribution in [0, 0.1) is 0 Å².